The van der Waals surface area contributed by atoms with Gasteiger partial charge in [0.2, 0.25) is 0 Å². The summed E-state index contributed by atoms with van der Waals surface area (Å²) in [7, 11) is 0. The summed E-state index contributed by atoms with van der Waals surface area (Å²) in [5, 5.41) is 14.2. The Labute approximate surface area is 111 Å². The molecule has 0 saturated heterocycles. The van der Waals surface area contributed by atoms with Gasteiger partial charge in [0.05, 0.1) is 24.0 Å². The van der Waals surface area contributed by atoms with Crippen molar-refractivity contribution in [2.75, 3.05) is 5.32 Å². The van der Waals surface area contributed by atoms with Crippen molar-refractivity contribution < 1.29 is 14.7 Å². The summed E-state index contributed by atoms with van der Waals surface area (Å²) in [6.45, 7) is 2.02. The highest BCUT2D eigenvalue weighted by atomic mass is 16.4. The Hall–Kier alpha value is -2.11. The van der Waals surface area contributed by atoms with Crippen LogP contribution in [0.15, 0.2) is 18.3 Å². The fourth-order valence-electron chi connectivity index (χ4n) is 2.03. The molecule has 0 aliphatic heterocycles. The summed E-state index contributed by atoms with van der Waals surface area (Å²) >= 11 is 0. The second kappa shape index (κ2) is 5.26. The number of urea groups is 1. The quantitative estimate of drug-likeness (QED) is 0.772. The largest absolute Gasteiger partial charge is 0.481 e. The molecule has 1 aromatic rings. The van der Waals surface area contributed by atoms with Crippen LogP contribution in [0.5, 0.6) is 0 Å². The van der Waals surface area contributed by atoms with E-state index in [0.29, 0.717) is 11.4 Å². The molecule has 2 amide bonds. The van der Waals surface area contributed by atoms with Gasteiger partial charge in [0.15, 0.2) is 0 Å². The first-order chi connectivity index (χ1) is 8.97. The molecule has 1 heterocycles. The molecule has 19 heavy (non-hydrogen) atoms. The molecular weight excluding hydrogens is 246 g/mol. The lowest BCUT2D eigenvalue weighted by Gasteiger charge is -2.38. The van der Waals surface area contributed by atoms with E-state index in [1.807, 2.05) is 6.92 Å². The van der Waals surface area contributed by atoms with Gasteiger partial charge in [-0.1, -0.05) is 0 Å². The average Bonchev–Trinajstić information content (AvgIpc) is 2.29. The van der Waals surface area contributed by atoms with E-state index in [0.717, 1.165) is 19.3 Å². The van der Waals surface area contributed by atoms with Crippen molar-refractivity contribution in [3.05, 3.63) is 24.0 Å². The Kier molecular flexibility index (Phi) is 3.69. The molecule has 0 aromatic carbocycles. The number of hydrogen-bond acceptors (Lipinski definition) is 3. The standard InChI is InChI=1S/C13H17N3O3/c1-13(5-2-6-13)16-12(19)15-10-4-3-9(14-8-10)7-11(17)18/h3-4,8H,2,5-7H2,1H3,(H,17,18)(H2,15,16,19). The third-order valence-electron chi connectivity index (χ3n) is 3.29. The maximum Gasteiger partial charge on any atom is 0.319 e. The maximum atomic E-state index is 11.7. The van der Waals surface area contributed by atoms with Gasteiger partial charge in [0, 0.05) is 5.54 Å². The van der Waals surface area contributed by atoms with Gasteiger partial charge in [-0.05, 0) is 38.3 Å². The molecular formula is C13H17N3O3. The highest BCUT2D eigenvalue weighted by molar-refractivity contribution is 5.89. The first kappa shape index (κ1) is 13.3. The van der Waals surface area contributed by atoms with Gasteiger partial charge in [0.25, 0.3) is 0 Å². The average molecular weight is 263 g/mol. The fraction of sp³-hybridized carbons (Fsp3) is 0.462. The molecule has 0 atom stereocenters. The number of carbonyl (C=O) groups is 2. The van der Waals surface area contributed by atoms with Crippen molar-refractivity contribution >= 4 is 17.7 Å². The summed E-state index contributed by atoms with van der Waals surface area (Å²) in [5.74, 6) is -0.927. The molecule has 0 bridgehead atoms. The lowest BCUT2D eigenvalue weighted by molar-refractivity contribution is -0.136. The highest BCUT2D eigenvalue weighted by Gasteiger charge is 2.33. The van der Waals surface area contributed by atoms with Crippen LogP contribution in [0.3, 0.4) is 0 Å². The Balaban J connectivity index is 1.88. The van der Waals surface area contributed by atoms with Crippen LogP contribution in [-0.4, -0.2) is 27.6 Å². The molecule has 1 saturated carbocycles. The Morgan fingerprint density at radius 1 is 1.42 bits per heavy atom. The van der Waals surface area contributed by atoms with Crippen molar-refractivity contribution in [2.24, 2.45) is 0 Å². The van der Waals surface area contributed by atoms with Crippen molar-refractivity contribution in [2.45, 2.75) is 38.1 Å². The second-order valence-corrected chi connectivity index (χ2v) is 5.10. The molecule has 1 aromatic heterocycles. The minimum atomic E-state index is -0.927. The van der Waals surface area contributed by atoms with Gasteiger partial charge < -0.3 is 15.7 Å². The number of rotatable bonds is 4. The van der Waals surface area contributed by atoms with E-state index in [2.05, 4.69) is 15.6 Å². The van der Waals surface area contributed by atoms with E-state index in [-0.39, 0.29) is 18.0 Å². The summed E-state index contributed by atoms with van der Waals surface area (Å²) < 4.78 is 0. The Morgan fingerprint density at radius 3 is 2.63 bits per heavy atom. The molecule has 6 heteroatoms. The van der Waals surface area contributed by atoms with Crippen LogP contribution in [-0.2, 0) is 11.2 Å². The molecule has 1 aliphatic rings. The van der Waals surface area contributed by atoms with Gasteiger partial charge in [-0.2, -0.15) is 0 Å². The fourth-order valence-corrected chi connectivity index (χ4v) is 2.03. The van der Waals surface area contributed by atoms with E-state index in [4.69, 9.17) is 5.11 Å². The van der Waals surface area contributed by atoms with E-state index >= 15 is 0 Å². The first-order valence-corrected chi connectivity index (χ1v) is 6.23. The molecule has 6 nitrogen and oxygen atoms in total. The zero-order valence-corrected chi connectivity index (χ0v) is 10.8. The number of anilines is 1. The van der Waals surface area contributed by atoms with Gasteiger partial charge in [0.1, 0.15) is 0 Å². The zero-order valence-electron chi connectivity index (χ0n) is 10.8. The van der Waals surface area contributed by atoms with Crippen molar-refractivity contribution in [3.63, 3.8) is 0 Å². The number of carboxylic acids is 1. The first-order valence-electron chi connectivity index (χ1n) is 6.23. The SMILES string of the molecule is CC1(NC(=O)Nc2ccc(CC(=O)O)nc2)CCC1. The highest BCUT2D eigenvalue weighted by Crippen LogP contribution is 2.30. The van der Waals surface area contributed by atoms with Crippen molar-refractivity contribution in [1.29, 1.82) is 0 Å². The van der Waals surface area contributed by atoms with Gasteiger partial charge in [-0.25, -0.2) is 4.79 Å². The molecule has 1 aliphatic carbocycles. The van der Waals surface area contributed by atoms with Crippen LogP contribution in [0.1, 0.15) is 31.9 Å². The summed E-state index contributed by atoms with van der Waals surface area (Å²) in [4.78, 5) is 26.2. The minimum Gasteiger partial charge on any atom is -0.481 e. The lowest BCUT2D eigenvalue weighted by Crippen LogP contribution is -2.52. The second-order valence-electron chi connectivity index (χ2n) is 5.10. The van der Waals surface area contributed by atoms with Crippen LogP contribution in [0.2, 0.25) is 0 Å². The molecule has 2 rings (SSSR count). The Morgan fingerprint density at radius 2 is 2.16 bits per heavy atom. The van der Waals surface area contributed by atoms with E-state index in [1.54, 1.807) is 12.1 Å². The number of amides is 2. The molecule has 1 fully saturated rings. The Bertz CT molecular complexity index is 480. The topological polar surface area (TPSA) is 91.3 Å². The van der Waals surface area contributed by atoms with Crippen molar-refractivity contribution in [1.82, 2.24) is 10.3 Å². The zero-order chi connectivity index (χ0) is 13.9. The molecule has 0 unspecified atom stereocenters. The monoisotopic (exact) mass is 263 g/mol. The summed E-state index contributed by atoms with van der Waals surface area (Å²) in [6.07, 6.45) is 4.47. The number of pyridine rings is 1. The van der Waals surface area contributed by atoms with Crippen LogP contribution >= 0.6 is 0 Å². The molecule has 0 radical (unpaired) electrons. The number of carboxylic acid groups (broad SMARTS) is 1. The molecule has 102 valence electrons. The predicted octanol–water partition coefficient (Wildman–Crippen LogP) is 1.77. The number of aromatic nitrogens is 1. The number of carbonyl (C=O) groups excluding carboxylic acids is 1. The van der Waals surface area contributed by atoms with E-state index < -0.39 is 5.97 Å². The van der Waals surface area contributed by atoms with Gasteiger partial charge >= 0.3 is 12.0 Å². The number of hydrogen-bond donors (Lipinski definition) is 3. The number of nitrogens with zero attached hydrogens (tertiary/aromatic N) is 1. The number of nitrogens with one attached hydrogen (secondary N) is 2. The van der Waals surface area contributed by atoms with Crippen molar-refractivity contribution in [3.8, 4) is 0 Å². The van der Waals surface area contributed by atoms with Crippen LogP contribution in [0, 0.1) is 0 Å². The van der Waals surface area contributed by atoms with Crippen LogP contribution < -0.4 is 10.6 Å². The normalized spacial score (nSPS) is 16.3. The number of aliphatic carboxylic acids is 1. The third kappa shape index (κ3) is 3.67. The summed E-state index contributed by atoms with van der Waals surface area (Å²) in [5.41, 5.74) is 0.916. The third-order valence-corrected chi connectivity index (χ3v) is 3.29. The molecule has 3 N–H and O–H groups in total. The van der Waals surface area contributed by atoms with Crippen LogP contribution in [0.25, 0.3) is 0 Å². The minimum absolute atomic E-state index is 0.0965. The van der Waals surface area contributed by atoms with Gasteiger partial charge in [-0.3, -0.25) is 9.78 Å². The van der Waals surface area contributed by atoms with E-state index in [1.165, 1.54) is 6.20 Å². The van der Waals surface area contributed by atoms with E-state index in [9.17, 15) is 9.59 Å². The van der Waals surface area contributed by atoms with Crippen LogP contribution in [0.4, 0.5) is 10.5 Å². The predicted molar refractivity (Wildman–Crippen MR) is 70.0 cm³/mol. The maximum absolute atomic E-state index is 11.7. The smallest absolute Gasteiger partial charge is 0.319 e. The molecule has 0 spiro atoms. The summed E-state index contributed by atoms with van der Waals surface area (Å²) in [6, 6.07) is 2.98. The van der Waals surface area contributed by atoms with Gasteiger partial charge in [-0.15, -0.1) is 0 Å². The lowest BCUT2D eigenvalue weighted by atomic mass is 9.79.